The number of nitrogens with zero attached hydrogens (tertiary/aromatic N) is 2. The van der Waals surface area contributed by atoms with Gasteiger partial charge >= 0.3 is 5.69 Å². The molecule has 0 fully saturated rings. The summed E-state index contributed by atoms with van der Waals surface area (Å²) in [6.45, 7) is 5.85. The highest BCUT2D eigenvalue weighted by Crippen LogP contribution is 2.35. The molecular weight excluding hydrogens is 426 g/mol. The first-order chi connectivity index (χ1) is 15.8. The second-order valence-electron chi connectivity index (χ2n) is 7.51. The molecule has 9 heteroatoms. The third-order valence-corrected chi connectivity index (χ3v) is 5.02. The van der Waals surface area contributed by atoms with Crippen LogP contribution in [0, 0.1) is 24.0 Å². The van der Waals surface area contributed by atoms with Crippen LogP contribution in [0.4, 0.5) is 11.4 Å². The van der Waals surface area contributed by atoms with Crippen LogP contribution in [0.5, 0.6) is 11.5 Å². The second kappa shape index (κ2) is 8.62. The Kier molecular flexibility index (Phi) is 5.70. The fourth-order valence-corrected chi connectivity index (χ4v) is 3.56. The minimum absolute atomic E-state index is 0.0642. The number of carbonyl (C=O) groups excluding carboxylic acids is 1. The van der Waals surface area contributed by atoms with Crippen LogP contribution in [0.25, 0.3) is 22.6 Å². The molecule has 0 aliphatic rings. The maximum atomic E-state index is 12.7. The van der Waals surface area contributed by atoms with Crippen molar-refractivity contribution in [3.05, 3.63) is 75.3 Å². The average Bonchev–Trinajstić information content (AvgIpc) is 3.19. The van der Waals surface area contributed by atoms with Crippen molar-refractivity contribution in [1.82, 2.24) is 4.98 Å². The van der Waals surface area contributed by atoms with Crippen LogP contribution < -0.4 is 10.1 Å². The number of carbonyl (C=O) groups is 1. The van der Waals surface area contributed by atoms with Crippen molar-refractivity contribution >= 4 is 28.4 Å². The number of nitro benzene ring substituents is 1. The third kappa shape index (κ3) is 4.33. The second-order valence-corrected chi connectivity index (χ2v) is 7.51. The molecule has 4 rings (SSSR count). The Hall–Kier alpha value is -4.40. The lowest BCUT2D eigenvalue weighted by Crippen LogP contribution is -2.12. The molecule has 0 saturated heterocycles. The zero-order chi connectivity index (χ0) is 23.7. The molecule has 0 bridgehead atoms. The summed E-state index contributed by atoms with van der Waals surface area (Å²) < 4.78 is 11.1. The number of aromatic nitrogens is 1. The van der Waals surface area contributed by atoms with Gasteiger partial charge < -0.3 is 19.6 Å². The lowest BCUT2D eigenvalue weighted by atomic mass is 10.1. The van der Waals surface area contributed by atoms with E-state index in [4.69, 9.17) is 9.15 Å². The molecule has 9 nitrogen and oxygen atoms in total. The predicted molar refractivity (Wildman–Crippen MR) is 123 cm³/mol. The van der Waals surface area contributed by atoms with Gasteiger partial charge in [0, 0.05) is 17.3 Å². The number of nitrogens with one attached hydrogen (secondary N) is 1. The predicted octanol–water partition coefficient (Wildman–Crippen LogP) is 5.38. The summed E-state index contributed by atoms with van der Waals surface area (Å²) in [6.07, 6.45) is 0. The van der Waals surface area contributed by atoms with Crippen molar-refractivity contribution in [3.63, 3.8) is 0 Å². The van der Waals surface area contributed by atoms with Crippen molar-refractivity contribution in [1.29, 1.82) is 0 Å². The number of rotatable bonds is 6. The van der Waals surface area contributed by atoms with Gasteiger partial charge in [-0.2, -0.15) is 0 Å². The molecule has 33 heavy (non-hydrogen) atoms. The summed E-state index contributed by atoms with van der Waals surface area (Å²) >= 11 is 0. The molecule has 168 valence electrons. The van der Waals surface area contributed by atoms with Gasteiger partial charge in [0.1, 0.15) is 11.3 Å². The van der Waals surface area contributed by atoms with Gasteiger partial charge in [-0.15, -0.1) is 0 Å². The number of fused-ring (bicyclic) bond motifs is 1. The number of benzene rings is 3. The largest absolute Gasteiger partial charge is 0.507 e. The van der Waals surface area contributed by atoms with Crippen LogP contribution in [-0.2, 0) is 0 Å². The minimum Gasteiger partial charge on any atom is -0.507 e. The van der Waals surface area contributed by atoms with Gasteiger partial charge in [-0.3, -0.25) is 14.9 Å². The van der Waals surface area contributed by atoms with Gasteiger partial charge in [0.2, 0.25) is 5.89 Å². The maximum Gasteiger partial charge on any atom is 0.311 e. The molecule has 1 aromatic heterocycles. The van der Waals surface area contributed by atoms with Gasteiger partial charge in [-0.1, -0.05) is 6.07 Å². The van der Waals surface area contributed by atoms with E-state index in [1.54, 1.807) is 6.92 Å². The Morgan fingerprint density at radius 3 is 2.70 bits per heavy atom. The summed E-state index contributed by atoms with van der Waals surface area (Å²) in [4.78, 5) is 27.9. The van der Waals surface area contributed by atoms with E-state index in [0.717, 1.165) is 17.2 Å². The molecule has 4 aromatic rings. The monoisotopic (exact) mass is 447 g/mol. The molecule has 0 aliphatic carbocycles. The molecule has 0 spiro atoms. The van der Waals surface area contributed by atoms with E-state index in [1.165, 1.54) is 30.3 Å². The normalized spacial score (nSPS) is 10.9. The highest BCUT2D eigenvalue weighted by Gasteiger charge is 2.20. The molecule has 0 atom stereocenters. The van der Waals surface area contributed by atoms with E-state index < -0.39 is 10.8 Å². The highest BCUT2D eigenvalue weighted by atomic mass is 16.6. The molecule has 2 N–H and O–H groups in total. The van der Waals surface area contributed by atoms with E-state index >= 15 is 0 Å². The van der Waals surface area contributed by atoms with E-state index in [9.17, 15) is 20.0 Å². The van der Waals surface area contributed by atoms with Gasteiger partial charge in [0.25, 0.3) is 5.91 Å². The van der Waals surface area contributed by atoms with Crippen molar-refractivity contribution in [2.24, 2.45) is 0 Å². The Morgan fingerprint density at radius 1 is 1.18 bits per heavy atom. The SMILES string of the molecule is CCOc1ccc(C(=O)Nc2ccc(O)c(-c3nc4cc(C)cc(C)c4o3)c2)cc1[N+](=O)[O-]. The number of nitro groups is 1. The Morgan fingerprint density at radius 2 is 1.97 bits per heavy atom. The topological polar surface area (TPSA) is 128 Å². The number of hydrogen-bond donors (Lipinski definition) is 2. The highest BCUT2D eigenvalue weighted by molar-refractivity contribution is 6.05. The first kappa shape index (κ1) is 21.8. The number of phenols is 1. The number of amides is 1. The third-order valence-electron chi connectivity index (χ3n) is 5.02. The lowest BCUT2D eigenvalue weighted by Gasteiger charge is -2.09. The number of oxazole rings is 1. The molecule has 1 amide bonds. The summed E-state index contributed by atoms with van der Waals surface area (Å²) in [6, 6.07) is 12.3. The zero-order valence-corrected chi connectivity index (χ0v) is 18.2. The van der Waals surface area contributed by atoms with Gasteiger partial charge in [0.15, 0.2) is 11.3 Å². The number of aromatic hydroxyl groups is 1. The van der Waals surface area contributed by atoms with E-state index in [0.29, 0.717) is 22.4 Å². The maximum absolute atomic E-state index is 12.7. The number of hydrogen-bond acceptors (Lipinski definition) is 7. The fraction of sp³-hybridized carbons (Fsp3) is 0.167. The Bertz CT molecular complexity index is 1390. The van der Waals surface area contributed by atoms with E-state index in [2.05, 4.69) is 10.3 Å². The molecule has 0 unspecified atom stereocenters. The number of ether oxygens (including phenoxy) is 1. The van der Waals surface area contributed by atoms with Gasteiger partial charge in [-0.05, 0) is 68.3 Å². The summed E-state index contributed by atoms with van der Waals surface area (Å²) in [5, 5.41) is 24.4. The van der Waals surface area contributed by atoms with Crippen LogP contribution in [-0.4, -0.2) is 27.5 Å². The van der Waals surface area contributed by atoms with E-state index in [-0.39, 0.29) is 35.2 Å². The number of aryl methyl sites for hydroxylation is 2. The molecular formula is C24H21N3O6. The van der Waals surface area contributed by atoms with Crippen LogP contribution in [0.15, 0.2) is 52.9 Å². The summed E-state index contributed by atoms with van der Waals surface area (Å²) in [7, 11) is 0. The Labute approximate surface area is 188 Å². The first-order valence-corrected chi connectivity index (χ1v) is 10.2. The molecule has 1 heterocycles. The van der Waals surface area contributed by atoms with Crippen molar-refractivity contribution in [3.8, 4) is 23.0 Å². The minimum atomic E-state index is -0.600. The summed E-state index contributed by atoms with van der Waals surface area (Å²) in [5.41, 5.74) is 3.70. The average molecular weight is 447 g/mol. The molecule has 0 radical (unpaired) electrons. The fourth-order valence-electron chi connectivity index (χ4n) is 3.56. The van der Waals surface area contributed by atoms with Crippen molar-refractivity contribution < 1.29 is 24.0 Å². The van der Waals surface area contributed by atoms with Crippen LogP contribution in [0.1, 0.15) is 28.4 Å². The lowest BCUT2D eigenvalue weighted by molar-refractivity contribution is -0.385. The van der Waals surface area contributed by atoms with Crippen LogP contribution in [0.3, 0.4) is 0 Å². The quantitative estimate of drug-likeness (QED) is 0.231. The molecule has 3 aromatic carbocycles. The van der Waals surface area contributed by atoms with Crippen molar-refractivity contribution in [2.45, 2.75) is 20.8 Å². The summed E-state index contributed by atoms with van der Waals surface area (Å²) in [5.74, 6) is -0.316. The first-order valence-electron chi connectivity index (χ1n) is 10.2. The molecule has 0 aliphatic heterocycles. The number of anilines is 1. The smallest absolute Gasteiger partial charge is 0.311 e. The Balaban J connectivity index is 1.65. The van der Waals surface area contributed by atoms with Gasteiger partial charge in [0.05, 0.1) is 17.1 Å². The van der Waals surface area contributed by atoms with Crippen LogP contribution in [0.2, 0.25) is 0 Å². The standard InChI is InChI=1S/C24H21N3O6/c1-4-32-21-8-5-15(11-19(21)27(30)31)23(29)25-16-6-7-20(28)17(12-16)24-26-18-10-13(2)9-14(3)22(18)33-24/h5-12,28H,4H2,1-3H3,(H,25,29). The van der Waals surface area contributed by atoms with Crippen LogP contribution >= 0.6 is 0 Å². The van der Waals surface area contributed by atoms with Crippen molar-refractivity contribution in [2.75, 3.05) is 11.9 Å². The molecule has 0 saturated carbocycles. The zero-order valence-electron chi connectivity index (χ0n) is 18.2. The van der Waals surface area contributed by atoms with Gasteiger partial charge in [-0.25, -0.2) is 4.98 Å². The number of phenolic OH excluding ortho intramolecular Hbond substituents is 1. The van der Waals surface area contributed by atoms with E-state index in [1.807, 2.05) is 26.0 Å².